The van der Waals surface area contributed by atoms with Gasteiger partial charge in [0, 0.05) is 125 Å². The van der Waals surface area contributed by atoms with E-state index in [1.54, 1.807) is 128 Å². The van der Waals surface area contributed by atoms with Crippen molar-refractivity contribution in [3.63, 3.8) is 0 Å². The summed E-state index contributed by atoms with van der Waals surface area (Å²) in [5, 5.41) is 3.87. The summed E-state index contributed by atoms with van der Waals surface area (Å²) in [4.78, 5) is 35.3. The van der Waals surface area contributed by atoms with E-state index in [1.165, 1.54) is 114 Å². The zero-order valence-electron chi connectivity index (χ0n) is 68.7. The number of aromatic nitrogens is 8. The lowest BCUT2D eigenvalue weighted by molar-refractivity contribution is 0.577. The second kappa shape index (κ2) is 36.2. The molecule has 0 spiro atoms. The molecule has 0 amide bonds. The van der Waals surface area contributed by atoms with Crippen molar-refractivity contribution in [2.75, 3.05) is 85.3 Å². The number of aryl methyl sites for hydroxylation is 1. The number of nitrogens with one attached hydrogen (secondary N) is 4. The van der Waals surface area contributed by atoms with Crippen LogP contribution >= 0.6 is 34.8 Å². The molecule has 132 heavy (non-hydrogen) atoms. The quantitative estimate of drug-likeness (QED) is 0.0550. The highest BCUT2D eigenvalue weighted by Gasteiger charge is 2.37. The molecule has 20 rings (SSSR count). The Morgan fingerprint density at radius 1 is 0.311 bits per heavy atom. The van der Waals surface area contributed by atoms with Gasteiger partial charge in [-0.15, -0.1) is 0 Å². The number of sulfonamides is 8. The smallest absolute Gasteiger partial charge is 0.261 e. The number of pyridine rings is 6. The maximum Gasteiger partial charge on any atom is 0.261 e. The van der Waals surface area contributed by atoms with Crippen LogP contribution in [0.2, 0.25) is 15.1 Å². The van der Waals surface area contributed by atoms with Gasteiger partial charge in [-0.3, -0.25) is 56.0 Å². The summed E-state index contributed by atoms with van der Waals surface area (Å²) >= 11 is 19.1. The molecule has 672 valence electrons. The third-order valence-corrected chi connectivity index (χ3v) is 35.1. The lowest BCUT2D eigenvalue weighted by atomic mass is 10.0. The fourth-order valence-electron chi connectivity index (χ4n) is 14.3. The van der Waals surface area contributed by atoms with Gasteiger partial charge in [0.05, 0.1) is 125 Å². The average Bonchev–Trinajstić information content (AvgIpc) is 0.780. The number of nitrogens with zero attached hydrogens (tertiary/aromatic N) is 12. The van der Waals surface area contributed by atoms with E-state index in [-0.39, 0.29) is 42.6 Å². The van der Waals surface area contributed by atoms with Gasteiger partial charge in [-0.1, -0.05) is 59.1 Å². The fourth-order valence-corrected chi connectivity index (χ4v) is 23.6. The largest absolute Gasteiger partial charge is 0.280 e. The predicted molar refractivity (Wildman–Crippen MR) is 513 cm³/mol. The predicted octanol–water partition coefficient (Wildman–Crippen LogP) is 15.3. The fraction of sp³-hybridized carbons (Fsp3) is 0.101. The lowest BCUT2D eigenvalue weighted by Crippen LogP contribution is -2.47. The van der Waals surface area contributed by atoms with Crippen LogP contribution in [0, 0.1) is 6.92 Å². The number of rotatable bonds is 20. The van der Waals surface area contributed by atoms with E-state index in [2.05, 4.69) is 58.8 Å². The highest BCUT2D eigenvalue weighted by Crippen LogP contribution is 2.39. The van der Waals surface area contributed by atoms with E-state index in [9.17, 15) is 67.3 Å². The van der Waals surface area contributed by atoms with Gasteiger partial charge in [0.25, 0.3) is 40.1 Å². The molecule has 32 nitrogen and oxygen atoms in total. The summed E-state index contributed by atoms with van der Waals surface area (Å²) in [5.41, 5.74) is 12.1. The van der Waals surface area contributed by atoms with Crippen molar-refractivity contribution in [2.45, 2.75) is 26.5 Å². The minimum absolute atomic E-state index is 0.00243. The first-order chi connectivity index (χ1) is 62.9. The van der Waals surface area contributed by atoms with Crippen molar-refractivity contribution >= 4 is 204 Å². The molecule has 4 N–H and O–H groups in total. The van der Waals surface area contributed by atoms with Gasteiger partial charge in [-0.25, -0.2) is 87.3 Å². The Labute approximate surface area is 774 Å². The van der Waals surface area contributed by atoms with E-state index in [1.807, 2.05) is 73.7 Å². The SMILES string of the molecule is Cc1ccc(NS(=O)(=O)c2ccc(N3CCS3(=O)=O)cc2)cc1-c1nccc2ncccc12.O=S(=O)(Nc1ccc(Cl)c(-c2ccc3cnccc3n2)c1)c1ccc(N2CCS2(=O)=O)cc1.O=S(=O)(Nc1ccc(Cl)c(-c2ccc3ncccc3n2)c1)c1ccc(N2CCS2(=O)=O)cc1.O=S(=O)(Nc1ccc(Cl)c(-c2ncc3ccccc3n2)c1)c1ccc(N2CCS2(=O)=O)cc1. The molecule has 4 saturated heterocycles. The number of anilines is 8. The molecule has 0 saturated carbocycles. The lowest BCUT2D eigenvalue weighted by Gasteiger charge is -2.32. The number of benzene rings is 9. The van der Waals surface area contributed by atoms with Gasteiger partial charge in [-0.2, -0.15) is 0 Å². The third-order valence-electron chi connectivity index (χ3n) is 21.5. The molecule has 11 heterocycles. The summed E-state index contributed by atoms with van der Waals surface area (Å²) in [7, 11) is -28.7. The van der Waals surface area contributed by atoms with Crippen LogP contribution in [0.4, 0.5) is 45.5 Å². The highest BCUT2D eigenvalue weighted by molar-refractivity contribution is 7.95. The second-order valence-corrected chi connectivity index (χ2v) is 46.1. The summed E-state index contributed by atoms with van der Waals surface area (Å²) in [6, 6.07) is 68.2. The van der Waals surface area contributed by atoms with Crippen molar-refractivity contribution in [1.82, 2.24) is 39.9 Å². The number of hydrogen-bond acceptors (Lipinski definition) is 24. The molecule has 16 aromatic rings. The van der Waals surface area contributed by atoms with E-state index in [4.69, 9.17) is 34.8 Å². The Kier molecular flexibility index (Phi) is 24.9. The Morgan fingerprint density at radius 3 is 1.13 bits per heavy atom. The minimum atomic E-state index is -3.92. The maximum absolute atomic E-state index is 13.0. The Hall–Kier alpha value is -13.1. The summed E-state index contributed by atoms with van der Waals surface area (Å²) in [5.74, 6) is 0.757. The summed E-state index contributed by atoms with van der Waals surface area (Å²) in [6.07, 6.45) is 10.1. The van der Waals surface area contributed by atoms with Gasteiger partial charge in [0.2, 0.25) is 40.1 Å². The van der Waals surface area contributed by atoms with Crippen LogP contribution in [0.25, 0.3) is 88.9 Å². The minimum Gasteiger partial charge on any atom is -0.280 e. The third kappa shape index (κ3) is 19.5. The molecule has 0 atom stereocenters. The Bertz CT molecular complexity index is 7710. The number of halogens is 3. The van der Waals surface area contributed by atoms with E-state index >= 15 is 0 Å². The molecule has 0 radical (unpaired) electrons. The molecule has 0 aliphatic carbocycles. The van der Waals surface area contributed by atoms with Crippen LogP contribution < -0.4 is 36.1 Å². The first-order valence-electron chi connectivity index (χ1n) is 39.8. The van der Waals surface area contributed by atoms with Gasteiger partial charge >= 0.3 is 0 Å². The zero-order valence-corrected chi connectivity index (χ0v) is 77.5. The van der Waals surface area contributed by atoms with Crippen LogP contribution in [0.15, 0.2) is 312 Å². The Balaban J connectivity index is 0.000000123. The highest BCUT2D eigenvalue weighted by atomic mass is 35.5. The monoisotopic (exact) mass is 1980 g/mol. The number of para-hydroxylation sites is 1. The standard InChI is InChI=1S/C23H20N4O4S2.3C22H17ClN4O4S2/c1-16-4-5-17(15-21(16)23-20-3-2-11-24-22(20)10-12-25-23)26-33(30,31)19-8-6-18(7-9-19)27-13-14-32(27,28)29;23-20-7-2-16(13-19(20)22-8-1-15-14-24-10-9-21(15)25-22)26-33(30,31)18-5-3-17(4-6-18)27-11-12-32(27,28)29;23-19-8-3-15(14-18(19)20-9-10-21-22(25-20)2-1-11-24-21)26-33(30,31)17-6-4-16(5-7-17)27-12-13-32(27,28)29;23-20-10-5-16(13-19(20)22-24-14-15-3-1-2-4-21(15)25-22)26-33(30,31)18-8-6-17(7-9-18)27-11-12-32(27,28)29/h2-12,15,26H,13-14H2,1H3;1-10,13-14,26H,11-12H2;1-11,14,26H,12-13H2;1-10,13-14,26H,11-12H2. The van der Waals surface area contributed by atoms with E-state index < -0.39 is 80.2 Å². The van der Waals surface area contributed by atoms with Crippen molar-refractivity contribution in [3.05, 3.63) is 313 Å². The molecule has 0 unspecified atom stereocenters. The first-order valence-corrected chi connectivity index (χ1v) is 53.3. The van der Waals surface area contributed by atoms with Gasteiger partial charge in [-0.05, 0) is 243 Å². The van der Waals surface area contributed by atoms with Crippen molar-refractivity contribution in [2.24, 2.45) is 0 Å². The first kappa shape index (κ1) is 90.8. The van der Waals surface area contributed by atoms with Gasteiger partial charge < -0.3 is 0 Å². The van der Waals surface area contributed by atoms with Crippen LogP contribution in [-0.4, -0.2) is 156 Å². The second-order valence-electron chi connectivity index (χ2n) is 30.0. The normalized spacial score (nSPS) is 15.2. The van der Waals surface area contributed by atoms with Crippen LogP contribution in [0.5, 0.6) is 0 Å². The summed E-state index contributed by atoms with van der Waals surface area (Å²) in [6.45, 7) is 3.50. The molecular formula is C89H71Cl3N16O16S8. The topological polar surface area (TPSA) is 437 Å². The number of fused-ring (bicyclic) bond motifs is 4. The maximum atomic E-state index is 13.0. The average molecular weight is 1980 g/mol. The number of hydrogen-bond donors (Lipinski definition) is 4. The van der Waals surface area contributed by atoms with E-state index in [0.717, 1.165) is 55.0 Å². The molecule has 43 heteroatoms. The van der Waals surface area contributed by atoms with Crippen LogP contribution in [0.3, 0.4) is 0 Å². The summed E-state index contributed by atoms with van der Waals surface area (Å²) < 4.78 is 213. The van der Waals surface area contributed by atoms with Gasteiger partial charge in [0.1, 0.15) is 0 Å². The van der Waals surface area contributed by atoms with Crippen molar-refractivity contribution < 1.29 is 67.3 Å². The van der Waals surface area contributed by atoms with Crippen molar-refractivity contribution in [3.8, 4) is 45.2 Å². The zero-order chi connectivity index (χ0) is 92.9. The van der Waals surface area contributed by atoms with Gasteiger partial charge in [0.15, 0.2) is 5.82 Å². The molecule has 9 aromatic carbocycles. The Morgan fingerprint density at radius 2 is 0.682 bits per heavy atom. The van der Waals surface area contributed by atoms with Crippen molar-refractivity contribution in [1.29, 1.82) is 0 Å². The molecule has 7 aromatic heterocycles. The molecule has 4 aliphatic rings. The molecule has 4 fully saturated rings. The van der Waals surface area contributed by atoms with E-state index in [0.29, 0.717) is 126 Å². The molecular weight excluding hydrogens is 1910 g/mol. The molecule has 4 aliphatic heterocycles. The molecule has 0 bridgehead atoms. The van der Waals surface area contributed by atoms with Crippen LogP contribution in [0.1, 0.15) is 5.56 Å². The van der Waals surface area contributed by atoms with Crippen LogP contribution in [-0.2, 0) is 80.2 Å².